The molecule has 0 spiro atoms. The fourth-order valence-electron chi connectivity index (χ4n) is 0.994. The van der Waals surface area contributed by atoms with Gasteiger partial charge in [0, 0.05) is 26.1 Å². The second-order valence-electron chi connectivity index (χ2n) is 3.37. The fraction of sp³-hybridized carbons (Fsp3) is 0.778. The summed E-state index contributed by atoms with van der Waals surface area (Å²) < 4.78 is 5.08. The molecule has 0 aliphatic heterocycles. The molecule has 0 amide bonds. The molecule has 0 saturated carbocycles. The van der Waals surface area contributed by atoms with Gasteiger partial charge in [-0.15, -0.1) is 0 Å². The summed E-state index contributed by atoms with van der Waals surface area (Å²) in [5.41, 5.74) is 5.78. The zero-order valence-electron chi connectivity index (χ0n) is 9.03. The van der Waals surface area contributed by atoms with Crippen molar-refractivity contribution in [2.45, 2.75) is 32.7 Å². The molecule has 14 heavy (non-hydrogen) atoms. The summed E-state index contributed by atoms with van der Waals surface area (Å²) in [5, 5.41) is 3.86. The Morgan fingerprint density at radius 3 is 2.79 bits per heavy atom. The maximum atomic E-state index is 5.78. The van der Waals surface area contributed by atoms with Gasteiger partial charge in [0.2, 0.25) is 5.89 Å². The Morgan fingerprint density at radius 1 is 1.50 bits per heavy atom. The highest BCUT2D eigenvalue weighted by Gasteiger charge is 2.11. The summed E-state index contributed by atoms with van der Waals surface area (Å²) in [5.74, 6) is 1.25. The van der Waals surface area contributed by atoms with E-state index in [-0.39, 0.29) is 6.04 Å². The molecule has 1 atom stereocenters. The lowest BCUT2D eigenvalue weighted by Crippen LogP contribution is -2.21. The van der Waals surface area contributed by atoms with Crippen LogP contribution in [0.5, 0.6) is 0 Å². The molecule has 0 aliphatic rings. The van der Waals surface area contributed by atoms with E-state index in [9.17, 15) is 0 Å². The number of nitrogens with two attached hydrogens (primary N) is 1. The Hall–Kier alpha value is -1.10. The minimum absolute atomic E-state index is 0.107. The van der Waals surface area contributed by atoms with E-state index in [1.807, 2.05) is 25.8 Å². The molecule has 0 aliphatic carbocycles. The zero-order chi connectivity index (χ0) is 10.6. The van der Waals surface area contributed by atoms with Crippen LogP contribution in [-0.4, -0.2) is 29.8 Å². The topological polar surface area (TPSA) is 68.2 Å². The third-order valence-corrected chi connectivity index (χ3v) is 2.23. The highest BCUT2D eigenvalue weighted by molar-refractivity contribution is 5.25. The van der Waals surface area contributed by atoms with Crippen LogP contribution in [0.15, 0.2) is 4.52 Å². The molecular weight excluding hydrogens is 180 g/mol. The van der Waals surface area contributed by atoms with E-state index in [0.717, 1.165) is 13.0 Å². The summed E-state index contributed by atoms with van der Waals surface area (Å²) in [7, 11) is 1.92. The summed E-state index contributed by atoms with van der Waals surface area (Å²) in [6, 6.07) is 0.107. The molecule has 1 aromatic rings. The summed E-state index contributed by atoms with van der Waals surface area (Å²) >= 11 is 0. The molecule has 1 heterocycles. The van der Waals surface area contributed by atoms with Crippen LogP contribution in [0.25, 0.3) is 0 Å². The monoisotopic (exact) mass is 198 g/mol. The van der Waals surface area contributed by atoms with Gasteiger partial charge in [0.25, 0.3) is 5.95 Å². The smallest absolute Gasteiger partial charge is 0.265 e. The first-order valence-electron chi connectivity index (χ1n) is 4.96. The van der Waals surface area contributed by atoms with E-state index in [0.29, 0.717) is 18.3 Å². The van der Waals surface area contributed by atoms with Crippen molar-refractivity contribution in [2.24, 2.45) is 5.73 Å². The van der Waals surface area contributed by atoms with Crippen LogP contribution in [0, 0.1) is 0 Å². The predicted molar refractivity (Wildman–Crippen MR) is 55.2 cm³/mol. The average molecular weight is 198 g/mol. The molecule has 1 unspecified atom stereocenters. The van der Waals surface area contributed by atoms with Crippen molar-refractivity contribution in [1.82, 2.24) is 10.1 Å². The number of hydrogen-bond donors (Lipinski definition) is 1. The van der Waals surface area contributed by atoms with Crippen LogP contribution in [0.2, 0.25) is 0 Å². The fourth-order valence-corrected chi connectivity index (χ4v) is 0.994. The molecular formula is C9H18N4O. The van der Waals surface area contributed by atoms with E-state index in [1.165, 1.54) is 0 Å². The van der Waals surface area contributed by atoms with Crippen molar-refractivity contribution in [3.63, 3.8) is 0 Å². The van der Waals surface area contributed by atoms with E-state index in [4.69, 9.17) is 10.3 Å². The molecule has 0 radical (unpaired) electrons. The minimum atomic E-state index is 0.107. The van der Waals surface area contributed by atoms with Crippen molar-refractivity contribution in [1.29, 1.82) is 0 Å². The number of anilines is 1. The first-order valence-corrected chi connectivity index (χ1v) is 4.96. The minimum Gasteiger partial charge on any atom is -0.342 e. The second kappa shape index (κ2) is 4.95. The molecule has 2 N–H and O–H groups in total. The van der Waals surface area contributed by atoms with Gasteiger partial charge in [-0.25, -0.2) is 0 Å². The molecule has 1 rings (SSSR count). The lowest BCUT2D eigenvalue weighted by atomic mass is 10.2. The summed E-state index contributed by atoms with van der Waals surface area (Å²) in [6.45, 7) is 4.94. The SMILES string of the molecule is CCC(N)Cc1nc(N(C)CC)no1. The van der Waals surface area contributed by atoms with Crippen molar-refractivity contribution < 1.29 is 4.52 Å². The van der Waals surface area contributed by atoms with Crippen LogP contribution < -0.4 is 10.6 Å². The molecule has 5 heteroatoms. The number of hydrogen-bond acceptors (Lipinski definition) is 5. The first kappa shape index (κ1) is 11.0. The van der Waals surface area contributed by atoms with Gasteiger partial charge in [-0.3, -0.25) is 0 Å². The predicted octanol–water partition coefficient (Wildman–Crippen LogP) is 0.805. The Bertz CT molecular complexity index is 274. The third-order valence-electron chi connectivity index (χ3n) is 2.23. The summed E-state index contributed by atoms with van der Waals surface area (Å²) in [4.78, 5) is 6.16. The Morgan fingerprint density at radius 2 is 2.21 bits per heavy atom. The lowest BCUT2D eigenvalue weighted by molar-refractivity contribution is 0.367. The van der Waals surface area contributed by atoms with E-state index < -0.39 is 0 Å². The van der Waals surface area contributed by atoms with Gasteiger partial charge >= 0.3 is 0 Å². The molecule has 80 valence electrons. The van der Waals surface area contributed by atoms with Crippen LogP contribution >= 0.6 is 0 Å². The molecule has 0 saturated heterocycles. The van der Waals surface area contributed by atoms with Crippen molar-refractivity contribution >= 4 is 5.95 Å². The quantitative estimate of drug-likeness (QED) is 0.758. The number of nitrogens with zero attached hydrogens (tertiary/aromatic N) is 3. The Kier molecular flexibility index (Phi) is 3.88. The van der Waals surface area contributed by atoms with E-state index in [2.05, 4.69) is 10.1 Å². The van der Waals surface area contributed by atoms with Gasteiger partial charge < -0.3 is 15.2 Å². The van der Waals surface area contributed by atoms with Crippen LogP contribution in [0.1, 0.15) is 26.2 Å². The van der Waals surface area contributed by atoms with Crippen molar-refractivity contribution in [3.05, 3.63) is 5.89 Å². The maximum Gasteiger partial charge on any atom is 0.265 e. The van der Waals surface area contributed by atoms with Gasteiger partial charge in [0.05, 0.1) is 0 Å². The van der Waals surface area contributed by atoms with Gasteiger partial charge in [-0.05, 0) is 18.5 Å². The molecule has 0 fully saturated rings. The van der Waals surface area contributed by atoms with Crippen LogP contribution in [-0.2, 0) is 6.42 Å². The standard InChI is InChI=1S/C9H18N4O/c1-4-7(10)6-8-11-9(12-14-8)13(3)5-2/h7H,4-6,10H2,1-3H3. The van der Waals surface area contributed by atoms with Gasteiger partial charge in [0.1, 0.15) is 0 Å². The highest BCUT2D eigenvalue weighted by atomic mass is 16.5. The average Bonchev–Trinajstić information content (AvgIpc) is 2.65. The van der Waals surface area contributed by atoms with Crippen molar-refractivity contribution in [3.8, 4) is 0 Å². The number of aromatic nitrogens is 2. The normalized spacial score (nSPS) is 12.9. The molecule has 5 nitrogen and oxygen atoms in total. The lowest BCUT2D eigenvalue weighted by Gasteiger charge is -2.08. The molecule has 1 aromatic heterocycles. The second-order valence-corrected chi connectivity index (χ2v) is 3.37. The molecule has 0 aromatic carbocycles. The van der Waals surface area contributed by atoms with Gasteiger partial charge in [-0.1, -0.05) is 6.92 Å². The number of rotatable bonds is 5. The van der Waals surface area contributed by atoms with Gasteiger partial charge in [0.15, 0.2) is 0 Å². The van der Waals surface area contributed by atoms with Crippen LogP contribution in [0.3, 0.4) is 0 Å². The van der Waals surface area contributed by atoms with E-state index in [1.54, 1.807) is 0 Å². The molecule has 0 bridgehead atoms. The Balaban J connectivity index is 2.59. The third kappa shape index (κ3) is 2.70. The first-order chi connectivity index (χ1) is 6.67. The summed E-state index contributed by atoms with van der Waals surface area (Å²) in [6.07, 6.45) is 1.57. The van der Waals surface area contributed by atoms with Crippen LogP contribution in [0.4, 0.5) is 5.95 Å². The van der Waals surface area contributed by atoms with Gasteiger partial charge in [-0.2, -0.15) is 4.98 Å². The Labute approximate surface area is 84.3 Å². The van der Waals surface area contributed by atoms with E-state index >= 15 is 0 Å². The zero-order valence-corrected chi connectivity index (χ0v) is 9.03. The maximum absolute atomic E-state index is 5.78. The van der Waals surface area contributed by atoms with Crippen molar-refractivity contribution in [2.75, 3.05) is 18.5 Å². The highest BCUT2D eigenvalue weighted by Crippen LogP contribution is 2.08. The largest absolute Gasteiger partial charge is 0.342 e.